The van der Waals surface area contributed by atoms with E-state index in [9.17, 15) is 13.2 Å². The first-order valence-electron chi connectivity index (χ1n) is 2.82. The van der Waals surface area contributed by atoms with Gasteiger partial charge in [0.2, 0.25) is 0 Å². The van der Waals surface area contributed by atoms with E-state index in [4.69, 9.17) is 0 Å². The second-order valence-electron chi connectivity index (χ2n) is 1.78. The van der Waals surface area contributed by atoms with Crippen molar-refractivity contribution in [2.45, 2.75) is 6.18 Å². The molecule has 0 amide bonds. The zero-order valence-corrected chi connectivity index (χ0v) is 6.89. The third-order valence-corrected chi connectivity index (χ3v) is 0.808. The SMILES string of the molecule is COCCNCC(F)(F)F.Cl. The maximum Gasteiger partial charge on any atom is 0.401 e. The predicted molar refractivity (Wildman–Crippen MR) is 38.0 cm³/mol. The van der Waals surface area contributed by atoms with E-state index >= 15 is 0 Å². The number of hydrogen-bond donors (Lipinski definition) is 1. The molecule has 0 bridgehead atoms. The van der Waals surface area contributed by atoms with Gasteiger partial charge >= 0.3 is 6.18 Å². The van der Waals surface area contributed by atoms with Crippen LogP contribution in [0.1, 0.15) is 0 Å². The number of nitrogens with one attached hydrogen (secondary N) is 1. The Hall–Kier alpha value is -0.0000000000000000555. The molecule has 0 aliphatic heterocycles. The topological polar surface area (TPSA) is 21.3 Å². The molecular weight excluding hydrogens is 183 g/mol. The molecule has 0 aliphatic carbocycles. The van der Waals surface area contributed by atoms with Gasteiger partial charge in [-0.25, -0.2) is 0 Å². The molecule has 70 valence electrons. The highest BCUT2D eigenvalue weighted by molar-refractivity contribution is 5.85. The first-order valence-corrected chi connectivity index (χ1v) is 2.82. The molecule has 0 radical (unpaired) electrons. The number of methoxy groups -OCH3 is 1. The number of rotatable bonds is 4. The Morgan fingerprint density at radius 2 is 1.91 bits per heavy atom. The van der Waals surface area contributed by atoms with E-state index in [1.165, 1.54) is 7.11 Å². The van der Waals surface area contributed by atoms with Crippen LogP contribution in [0, 0.1) is 0 Å². The van der Waals surface area contributed by atoms with Crippen molar-refractivity contribution in [2.75, 3.05) is 26.8 Å². The largest absolute Gasteiger partial charge is 0.401 e. The summed E-state index contributed by atoms with van der Waals surface area (Å²) in [4.78, 5) is 0. The van der Waals surface area contributed by atoms with Crippen molar-refractivity contribution in [1.82, 2.24) is 5.32 Å². The van der Waals surface area contributed by atoms with Crippen molar-refractivity contribution in [2.24, 2.45) is 0 Å². The van der Waals surface area contributed by atoms with Crippen molar-refractivity contribution in [1.29, 1.82) is 0 Å². The highest BCUT2D eigenvalue weighted by Gasteiger charge is 2.25. The van der Waals surface area contributed by atoms with Crippen LogP contribution in [-0.4, -0.2) is 33.0 Å². The van der Waals surface area contributed by atoms with E-state index in [0.717, 1.165) is 0 Å². The average Bonchev–Trinajstić information content (AvgIpc) is 1.78. The van der Waals surface area contributed by atoms with Crippen molar-refractivity contribution in [3.05, 3.63) is 0 Å². The molecule has 0 spiro atoms. The maximum absolute atomic E-state index is 11.4. The van der Waals surface area contributed by atoms with Gasteiger partial charge in [-0.2, -0.15) is 13.2 Å². The molecule has 2 nitrogen and oxygen atoms in total. The van der Waals surface area contributed by atoms with Gasteiger partial charge in [0.15, 0.2) is 0 Å². The molecule has 0 saturated heterocycles. The fourth-order valence-electron chi connectivity index (χ4n) is 0.404. The lowest BCUT2D eigenvalue weighted by molar-refractivity contribution is -0.125. The number of ether oxygens (including phenoxy) is 1. The summed E-state index contributed by atoms with van der Waals surface area (Å²) < 4.78 is 38.7. The van der Waals surface area contributed by atoms with Crippen LogP contribution in [0.3, 0.4) is 0 Å². The lowest BCUT2D eigenvalue weighted by Crippen LogP contribution is -2.30. The molecule has 0 heterocycles. The fourth-order valence-corrected chi connectivity index (χ4v) is 0.404. The van der Waals surface area contributed by atoms with E-state index < -0.39 is 12.7 Å². The summed E-state index contributed by atoms with van der Waals surface area (Å²) in [6, 6.07) is 0. The van der Waals surface area contributed by atoms with Crippen molar-refractivity contribution in [3.8, 4) is 0 Å². The molecule has 0 fully saturated rings. The molecule has 0 rings (SSSR count). The van der Waals surface area contributed by atoms with E-state index in [1.54, 1.807) is 0 Å². The van der Waals surface area contributed by atoms with Gasteiger partial charge in [-0.05, 0) is 0 Å². The highest BCUT2D eigenvalue weighted by atomic mass is 35.5. The summed E-state index contributed by atoms with van der Waals surface area (Å²) in [5.41, 5.74) is 0. The number of hydrogen-bond acceptors (Lipinski definition) is 2. The molecule has 11 heavy (non-hydrogen) atoms. The van der Waals surface area contributed by atoms with Crippen molar-refractivity contribution < 1.29 is 17.9 Å². The third kappa shape index (κ3) is 13.1. The van der Waals surface area contributed by atoms with Gasteiger partial charge in [-0.3, -0.25) is 0 Å². The Morgan fingerprint density at radius 3 is 2.27 bits per heavy atom. The van der Waals surface area contributed by atoms with Crippen LogP contribution in [0.15, 0.2) is 0 Å². The van der Waals surface area contributed by atoms with E-state index in [-0.39, 0.29) is 19.0 Å². The van der Waals surface area contributed by atoms with Crippen LogP contribution >= 0.6 is 12.4 Å². The molecule has 0 saturated carbocycles. The predicted octanol–water partition coefficient (Wildman–Crippen LogP) is 1.21. The quantitative estimate of drug-likeness (QED) is 0.678. The molecule has 6 heteroatoms. The first kappa shape index (κ1) is 13.6. The molecule has 0 aromatic heterocycles. The Labute approximate surface area is 69.5 Å². The van der Waals surface area contributed by atoms with Crippen LogP contribution in [0.5, 0.6) is 0 Å². The van der Waals surface area contributed by atoms with Crippen LogP contribution in [0.25, 0.3) is 0 Å². The minimum atomic E-state index is -4.12. The summed E-state index contributed by atoms with van der Waals surface area (Å²) in [5.74, 6) is 0. The van der Waals surface area contributed by atoms with Crippen LogP contribution in [0.2, 0.25) is 0 Å². The molecule has 0 atom stereocenters. The Kier molecular flexibility index (Phi) is 8.26. The Balaban J connectivity index is 0. The smallest absolute Gasteiger partial charge is 0.383 e. The summed E-state index contributed by atoms with van der Waals surface area (Å²) in [6.07, 6.45) is -4.12. The number of halogens is 4. The van der Waals surface area contributed by atoms with Gasteiger partial charge < -0.3 is 10.1 Å². The minimum absolute atomic E-state index is 0. The molecule has 0 aromatic rings. The summed E-state index contributed by atoms with van der Waals surface area (Å²) in [5, 5.41) is 2.18. The summed E-state index contributed by atoms with van der Waals surface area (Å²) >= 11 is 0. The standard InChI is InChI=1S/C5H10F3NO.ClH/c1-10-3-2-9-4-5(6,7)8;/h9H,2-4H2,1H3;1H. The van der Waals surface area contributed by atoms with Gasteiger partial charge in [-0.1, -0.05) is 0 Å². The zero-order valence-electron chi connectivity index (χ0n) is 6.07. The summed E-state index contributed by atoms with van der Waals surface area (Å²) in [7, 11) is 1.44. The second-order valence-corrected chi connectivity index (χ2v) is 1.78. The normalized spacial score (nSPS) is 10.9. The fraction of sp³-hybridized carbons (Fsp3) is 1.00. The van der Waals surface area contributed by atoms with Crippen molar-refractivity contribution >= 4 is 12.4 Å². The Bertz CT molecular complexity index is 88.3. The molecular formula is C5H11ClF3NO. The lowest BCUT2D eigenvalue weighted by atomic mass is 10.6. The monoisotopic (exact) mass is 193 g/mol. The van der Waals surface area contributed by atoms with E-state index in [2.05, 4.69) is 10.1 Å². The summed E-state index contributed by atoms with van der Waals surface area (Å²) in [6.45, 7) is -0.414. The van der Waals surface area contributed by atoms with Crippen LogP contribution < -0.4 is 5.32 Å². The Morgan fingerprint density at radius 1 is 1.36 bits per heavy atom. The van der Waals surface area contributed by atoms with E-state index in [1.807, 2.05) is 0 Å². The second kappa shape index (κ2) is 6.69. The molecule has 0 unspecified atom stereocenters. The first-order chi connectivity index (χ1) is 4.56. The van der Waals surface area contributed by atoms with Gasteiger partial charge in [0.25, 0.3) is 0 Å². The van der Waals surface area contributed by atoms with Gasteiger partial charge in [0, 0.05) is 13.7 Å². The average molecular weight is 194 g/mol. The van der Waals surface area contributed by atoms with Gasteiger partial charge in [0.05, 0.1) is 13.2 Å². The van der Waals surface area contributed by atoms with Gasteiger partial charge in [0.1, 0.15) is 0 Å². The van der Waals surface area contributed by atoms with Crippen LogP contribution in [-0.2, 0) is 4.74 Å². The molecule has 0 aliphatic rings. The molecule has 0 aromatic carbocycles. The third-order valence-electron chi connectivity index (χ3n) is 0.808. The molecule has 1 N–H and O–H groups in total. The van der Waals surface area contributed by atoms with E-state index in [0.29, 0.717) is 6.61 Å². The maximum atomic E-state index is 11.4. The van der Waals surface area contributed by atoms with Crippen molar-refractivity contribution in [3.63, 3.8) is 0 Å². The minimum Gasteiger partial charge on any atom is -0.383 e. The zero-order chi connectivity index (χ0) is 8.04. The lowest BCUT2D eigenvalue weighted by Gasteiger charge is -2.06. The highest BCUT2D eigenvalue weighted by Crippen LogP contribution is 2.11. The van der Waals surface area contributed by atoms with Crippen LogP contribution in [0.4, 0.5) is 13.2 Å². The number of alkyl halides is 3. The van der Waals surface area contributed by atoms with Gasteiger partial charge in [-0.15, -0.1) is 12.4 Å².